The van der Waals surface area contributed by atoms with Crippen LogP contribution in [0.5, 0.6) is 0 Å². The maximum absolute atomic E-state index is 6.23. The van der Waals surface area contributed by atoms with E-state index in [9.17, 15) is 0 Å². The Kier molecular flexibility index (Phi) is 3.67. The van der Waals surface area contributed by atoms with Crippen molar-refractivity contribution in [3.05, 3.63) is 42.1 Å². The van der Waals surface area contributed by atoms with Crippen LogP contribution in [-0.4, -0.2) is 4.98 Å². The molecule has 96 valence electrons. The molecule has 1 aromatic heterocycles. The minimum absolute atomic E-state index is 0.0360. The maximum atomic E-state index is 6.23. The molecule has 0 bridgehead atoms. The van der Waals surface area contributed by atoms with Crippen LogP contribution in [0, 0.1) is 5.41 Å². The third kappa shape index (κ3) is 3.30. The predicted molar refractivity (Wildman–Crippen MR) is 77.4 cm³/mol. The first-order valence-corrected chi connectivity index (χ1v) is 6.57. The zero-order valence-corrected chi connectivity index (χ0v) is 11.5. The van der Waals surface area contributed by atoms with Gasteiger partial charge in [-0.2, -0.15) is 0 Å². The van der Waals surface area contributed by atoms with Gasteiger partial charge in [-0.05, 0) is 30.4 Å². The summed E-state index contributed by atoms with van der Waals surface area (Å²) in [5.74, 6) is 0. The van der Waals surface area contributed by atoms with Gasteiger partial charge in [0.1, 0.15) is 0 Å². The molecule has 0 aliphatic carbocycles. The highest BCUT2D eigenvalue weighted by Gasteiger charge is 2.14. The molecule has 0 aliphatic heterocycles. The molecule has 0 saturated heterocycles. The second-order valence-electron chi connectivity index (χ2n) is 6.13. The summed E-state index contributed by atoms with van der Waals surface area (Å²) in [5, 5.41) is 1.17. The predicted octanol–water partition coefficient (Wildman–Crippen LogP) is 4.06. The molecule has 0 amide bonds. The lowest BCUT2D eigenvalue weighted by Crippen LogP contribution is -2.15. The second kappa shape index (κ2) is 5.07. The lowest BCUT2D eigenvalue weighted by molar-refractivity contribution is 0.348. The third-order valence-corrected chi connectivity index (χ3v) is 3.21. The van der Waals surface area contributed by atoms with Crippen LogP contribution in [0.3, 0.4) is 0 Å². The van der Waals surface area contributed by atoms with Crippen LogP contribution in [0.1, 0.15) is 45.3 Å². The van der Waals surface area contributed by atoms with E-state index in [-0.39, 0.29) is 6.04 Å². The Morgan fingerprint density at radius 3 is 2.56 bits per heavy atom. The van der Waals surface area contributed by atoms with Gasteiger partial charge >= 0.3 is 0 Å². The molecule has 2 aromatic rings. The Morgan fingerprint density at radius 1 is 1.11 bits per heavy atom. The Labute approximate surface area is 109 Å². The highest BCUT2D eigenvalue weighted by Crippen LogP contribution is 2.26. The zero-order valence-electron chi connectivity index (χ0n) is 11.5. The van der Waals surface area contributed by atoms with Crippen molar-refractivity contribution in [2.24, 2.45) is 11.1 Å². The van der Waals surface area contributed by atoms with E-state index in [4.69, 9.17) is 5.73 Å². The van der Waals surface area contributed by atoms with Gasteiger partial charge in [0.25, 0.3) is 0 Å². The van der Waals surface area contributed by atoms with Crippen LogP contribution in [0.4, 0.5) is 0 Å². The van der Waals surface area contributed by atoms with Crippen LogP contribution in [0.15, 0.2) is 36.4 Å². The van der Waals surface area contributed by atoms with E-state index in [1.807, 2.05) is 18.2 Å². The number of nitrogens with zero attached hydrogens (tertiary/aromatic N) is 1. The van der Waals surface area contributed by atoms with Crippen molar-refractivity contribution in [1.82, 2.24) is 4.98 Å². The van der Waals surface area contributed by atoms with E-state index in [1.165, 1.54) is 5.39 Å². The second-order valence-corrected chi connectivity index (χ2v) is 6.13. The van der Waals surface area contributed by atoms with E-state index in [2.05, 4.69) is 44.0 Å². The fraction of sp³-hybridized carbons (Fsp3) is 0.438. The molecule has 2 heteroatoms. The van der Waals surface area contributed by atoms with Gasteiger partial charge in [0.2, 0.25) is 0 Å². The van der Waals surface area contributed by atoms with E-state index in [0.717, 1.165) is 24.1 Å². The number of aromatic nitrogens is 1. The van der Waals surface area contributed by atoms with E-state index in [0.29, 0.717) is 5.41 Å². The molecule has 0 saturated carbocycles. The summed E-state index contributed by atoms with van der Waals surface area (Å²) < 4.78 is 0. The summed E-state index contributed by atoms with van der Waals surface area (Å²) in [7, 11) is 0. The van der Waals surface area contributed by atoms with Crippen molar-refractivity contribution < 1.29 is 0 Å². The molecule has 2 N–H and O–H groups in total. The molecule has 0 radical (unpaired) electrons. The van der Waals surface area contributed by atoms with Crippen LogP contribution in [0.2, 0.25) is 0 Å². The van der Waals surface area contributed by atoms with Crippen LogP contribution in [-0.2, 0) is 0 Å². The average molecular weight is 242 g/mol. The minimum atomic E-state index is 0.0360. The average Bonchev–Trinajstić information content (AvgIpc) is 2.34. The van der Waals surface area contributed by atoms with Gasteiger partial charge in [-0.1, -0.05) is 45.0 Å². The smallest absolute Gasteiger partial charge is 0.0706 e. The molecule has 1 heterocycles. The maximum Gasteiger partial charge on any atom is 0.0706 e. The highest BCUT2D eigenvalue weighted by atomic mass is 14.8. The summed E-state index contributed by atoms with van der Waals surface area (Å²) in [5.41, 5.74) is 8.59. The first-order valence-electron chi connectivity index (χ1n) is 6.57. The van der Waals surface area contributed by atoms with Gasteiger partial charge in [-0.15, -0.1) is 0 Å². The van der Waals surface area contributed by atoms with Gasteiger partial charge in [-0.25, -0.2) is 0 Å². The molecule has 0 spiro atoms. The van der Waals surface area contributed by atoms with Crippen LogP contribution >= 0.6 is 0 Å². The van der Waals surface area contributed by atoms with Gasteiger partial charge in [0.15, 0.2) is 0 Å². The summed E-state index contributed by atoms with van der Waals surface area (Å²) >= 11 is 0. The number of pyridine rings is 1. The zero-order chi connectivity index (χ0) is 13.2. The van der Waals surface area contributed by atoms with Crippen molar-refractivity contribution in [3.63, 3.8) is 0 Å². The molecule has 18 heavy (non-hydrogen) atoms. The van der Waals surface area contributed by atoms with Crippen molar-refractivity contribution in [2.75, 3.05) is 0 Å². The van der Waals surface area contributed by atoms with Gasteiger partial charge in [0.05, 0.1) is 11.2 Å². The first kappa shape index (κ1) is 13.0. The molecule has 2 rings (SSSR count). The number of nitrogens with two attached hydrogens (primary N) is 1. The fourth-order valence-corrected chi connectivity index (χ4v) is 2.02. The number of fused-ring (bicyclic) bond motifs is 1. The Hall–Kier alpha value is -1.41. The Balaban J connectivity index is 2.15. The van der Waals surface area contributed by atoms with Gasteiger partial charge in [0, 0.05) is 11.4 Å². The molecule has 0 aliphatic rings. The topological polar surface area (TPSA) is 38.9 Å². The normalized spacial score (nSPS) is 13.8. The lowest BCUT2D eigenvalue weighted by Gasteiger charge is -2.20. The van der Waals surface area contributed by atoms with Crippen molar-refractivity contribution >= 4 is 10.9 Å². The molecule has 1 unspecified atom stereocenters. The summed E-state index contributed by atoms with van der Waals surface area (Å²) in [4.78, 5) is 4.65. The number of hydrogen-bond donors (Lipinski definition) is 1. The SMILES string of the molecule is CC(C)(C)CCC(N)c1ccc2ccccc2n1. The van der Waals surface area contributed by atoms with E-state index >= 15 is 0 Å². The molecule has 2 nitrogen and oxygen atoms in total. The number of benzene rings is 1. The molecular weight excluding hydrogens is 220 g/mol. The molecule has 0 fully saturated rings. The lowest BCUT2D eigenvalue weighted by atomic mass is 9.88. The van der Waals surface area contributed by atoms with Crippen molar-refractivity contribution in [2.45, 2.75) is 39.7 Å². The Bertz CT molecular complexity index is 526. The molecule has 1 atom stereocenters. The highest BCUT2D eigenvalue weighted by molar-refractivity contribution is 5.78. The van der Waals surface area contributed by atoms with Crippen molar-refractivity contribution in [3.8, 4) is 0 Å². The van der Waals surface area contributed by atoms with Crippen LogP contribution < -0.4 is 5.73 Å². The largest absolute Gasteiger partial charge is 0.323 e. The summed E-state index contributed by atoms with van der Waals surface area (Å²) in [6.07, 6.45) is 2.09. The molecular formula is C16H22N2. The van der Waals surface area contributed by atoms with Crippen molar-refractivity contribution in [1.29, 1.82) is 0 Å². The van der Waals surface area contributed by atoms with Gasteiger partial charge < -0.3 is 5.73 Å². The summed E-state index contributed by atoms with van der Waals surface area (Å²) in [6.45, 7) is 6.73. The standard InChI is InChI=1S/C16H22N2/c1-16(2,3)11-10-13(17)15-9-8-12-6-4-5-7-14(12)18-15/h4-9,13H,10-11,17H2,1-3H3. The fourth-order valence-electron chi connectivity index (χ4n) is 2.02. The number of rotatable bonds is 3. The van der Waals surface area contributed by atoms with E-state index < -0.39 is 0 Å². The third-order valence-electron chi connectivity index (χ3n) is 3.21. The molecule has 1 aromatic carbocycles. The van der Waals surface area contributed by atoms with Crippen LogP contribution in [0.25, 0.3) is 10.9 Å². The monoisotopic (exact) mass is 242 g/mol. The quantitative estimate of drug-likeness (QED) is 0.881. The van der Waals surface area contributed by atoms with E-state index in [1.54, 1.807) is 0 Å². The number of hydrogen-bond acceptors (Lipinski definition) is 2. The summed E-state index contributed by atoms with van der Waals surface area (Å²) in [6, 6.07) is 12.4. The Morgan fingerprint density at radius 2 is 1.83 bits per heavy atom. The number of para-hydroxylation sites is 1. The minimum Gasteiger partial charge on any atom is -0.323 e. The first-order chi connectivity index (χ1) is 8.46. The van der Waals surface area contributed by atoms with Gasteiger partial charge in [-0.3, -0.25) is 4.98 Å².